The summed E-state index contributed by atoms with van der Waals surface area (Å²) in [5, 5.41) is -0.109. The van der Waals surface area contributed by atoms with Crippen molar-refractivity contribution in [3.63, 3.8) is 0 Å². The Hall–Kier alpha value is -2.36. The first-order valence-corrected chi connectivity index (χ1v) is 19.2. The lowest BCUT2D eigenvalue weighted by Crippen LogP contribution is -2.36. The van der Waals surface area contributed by atoms with E-state index in [-0.39, 0.29) is 39.4 Å². The van der Waals surface area contributed by atoms with Gasteiger partial charge in [-0.2, -0.15) is 15.0 Å². The van der Waals surface area contributed by atoms with Gasteiger partial charge in [0, 0.05) is 12.3 Å². The Morgan fingerprint density at radius 2 is 1.70 bits per heavy atom. The lowest BCUT2D eigenvalue weighted by Gasteiger charge is -2.29. The molecule has 3 aliphatic heterocycles. The highest BCUT2D eigenvalue weighted by atomic mass is 35.5. The maximum absolute atomic E-state index is 16.1. The first kappa shape index (κ1) is 30.9. The topological polar surface area (TPSA) is 249 Å². The van der Waals surface area contributed by atoms with Crippen LogP contribution >= 0.6 is 49.7 Å². The second kappa shape index (κ2) is 10.6. The van der Waals surface area contributed by atoms with Crippen molar-refractivity contribution in [2.24, 2.45) is 5.92 Å². The molecule has 1 aliphatic carbocycles. The smallest absolute Gasteiger partial charge is 0.382 e. The van der Waals surface area contributed by atoms with Gasteiger partial charge in [-0.05, 0) is 11.6 Å². The SMILES string of the molecule is Nc1nc2c(ncn2[C@@H]2O[C@@H]3CO[P@@](=O)(S)OC4C5C[C@]5(n5cnc6c(N)nc(Cl)nc65)O[C@@H]4CO[P@@](=O)(S)OC3C2F)c(=O)[nH]1. The minimum Gasteiger partial charge on any atom is -0.382 e. The first-order valence-electron chi connectivity index (χ1n) is 13.4. The maximum atomic E-state index is 16.1. The number of aromatic nitrogens is 8. The molecule has 1 saturated carbocycles. The van der Waals surface area contributed by atoms with Crippen LogP contribution in [0.25, 0.3) is 22.3 Å². The number of rotatable bonds is 2. The number of alkyl halides is 1. The van der Waals surface area contributed by atoms with E-state index < -0.39 is 80.8 Å². The number of nitrogens with zero attached hydrogens (tertiary/aromatic N) is 7. The number of anilines is 2. The van der Waals surface area contributed by atoms with Crippen molar-refractivity contribution in [2.75, 3.05) is 24.7 Å². The summed E-state index contributed by atoms with van der Waals surface area (Å²) in [5.41, 5.74) is 10.2. The molecule has 0 spiro atoms. The summed E-state index contributed by atoms with van der Waals surface area (Å²) < 4.78 is 80.5. The molecule has 8 rings (SSSR count). The second-order valence-electron chi connectivity index (χ2n) is 10.9. The van der Waals surface area contributed by atoms with Crippen molar-refractivity contribution in [1.29, 1.82) is 0 Å². The third kappa shape index (κ3) is 4.97. The molecule has 4 unspecified atom stereocenters. The second-order valence-corrected chi connectivity index (χ2v) is 17.0. The van der Waals surface area contributed by atoms with Crippen molar-refractivity contribution in [1.82, 2.24) is 39.0 Å². The third-order valence-electron chi connectivity index (χ3n) is 8.16. The van der Waals surface area contributed by atoms with E-state index >= 15 is 4.39 Å². The molecule has 4 aromatic rings. The number of ether oxygens (including phenoxy) is 2. The largest absolute Gasteiger partial charge is 0.386 e. The van der Waals surface area contributed by atoms with Crippen LogP contribution in [0, 0.1) is 5.92 Å². The van der Waals surface area contributed by atoms with E-state index in [1.807, 2.05) is 0 Å². The Morgan fingerprint density at radius 3 is 2.46 bits per heavy atom. The van der Waals surface area contributed by atoms with Crippen LogP contribution in [0.15, 0.2) is 17.4 Å². The van der Waals surface area contributed by atoms with E-state index in [0.29, 0.717) is 6.42 Å². The molecule has 0 amide bonds. The summed E-state index contributed by atoms with van der Waals surface area (Å²) in [6, 6.07) is 0. The average Bonchev–Trinajstić information content (AvgIpc) is 3.30. The van der Waals surface area contributed by atoms with E-state index in [2.05, 4.69) is 54.4 Å². The molecule has 19 nitrogen and oxygen atoms in total. The molecular formula is C21H22ClFN10O9P2S2. The Morgan fingerprint density at radius 1 is 1.00 bits per heavy atom. The summed E-state index contributed by atoms with van der Waals surface area (Å²) in [7, 11) is 0. The van der Waals surface area contributed by atoms with Gasteiger partial charge in [0.15, 0.2) is 40.8 Å². The molecule has 0 radical (unpaired) electrons. The third-order valence-corrected chi connectivity index (χ3v) is 11.6. The first-order chi connectivity index (χ1) is 21.8. The molecule has 3 saturated heterocycles. The van der Waals surface area contributed by atoms with Crippen LogP contribution in [-0.2, 0) is 42.4 Å². The van der Waals surface area contributed by atoms with E-state index in [4.69, 9.17) is 50.6 Å². The Balaban J connectivity index is 1.08. The van der Waals surface area contributed by atoms with Crippen LogP contribution in [0.4, 0.5) is 16.2 Å². The molecular weight excluding hydrogens is 717 g/mol. The van der Waals surface area contributed by atoms with E-state index in [1.165, 1.54) is 6.33 Å². The van der Waals surface area contributed by atoms with Crippen molar-refractivity contribution in [3.8, 4) is 0 Å². The normalized spacial score (nSPS) is 39.4. The highest BCUT2D eigenvalue weighted by Gasteiger charge is 2.71. The summed E-state index contributed by atoms with van der Waals surface area (Å²) in [5.74, 6) is -0.632. The molecule has 0 aromatic carbocycles. The van der Waals surface area contributed by atoms with Crippen LogP contribution in [0.5, 0.6) is 0 Å². The highest BCUT2D eigenvalue weighted by molar-refractivity contribution is 8.44. The number of halogens is 2. The van der Waals surface area contributed by atoms with Gasteiger partial charge >= 0.3 is 13.6 Å². The van der Waals surface area contributed by atoms with Crippen LogP contribution < -0.4 is 17.0 Å². The zero-order valence-electron chi connectivity index (χ0n) is 22.8. The Kier molecular flexibility index (Phi) is 7.11. The van der Waals surface area contributed by atoms with Gasteiger partial charge in [-0.3, -0.25) is 37.0 Å². The fourth-order valence-electron chi connectivity index (χ4n) is 6.14. The number of nitrogens with two attached hydrogens (primary N) is 2. The fraction of sp³-hybridized carbons (Fsp3) is 0.524. The Labute approximate surface area is 271 Å². The van der Waals surface area contributed by atoms with Gasteiger partial charge in [-0.25, -0.2) is 23.5 Å². The van der Waals surface area contributed by atoms with Crippen LogP contribution in [0.1, 0.15) is 12.6 Å². The summed E-state index contributed by atoms with van der Waals surface area (Å²) in [4.78, 5) is 34.9. The minimum atomic E-state index is -4.33. The molecule has 0 bridgehead atoms. The predicted molar refractivity (Wildman–Crippen MR) is 162 cm³/mol. The number of nitrogen functional groups attached to an aromatic ring is 2. The quantitative estimate of drug-likeness (QED) is 0.112. The molecule has 246 valence electrons. The highest BCUT2D eigenvalue weighted by Crippen LogP contribution is 2.67. The minimum absolute atomic E-state index is 0.0595. The average molecular weight is 739 g/mol. The van der Waals surface area contributed by atoms with E-state index in [9.17, 15) is 13.9 Å². The van der Waals surface area contributed by atoms with Gasteiger partial charge in [-0.1, -0.05) is 24.5 Å². The summed E-state index contributed by atoms with van der Waals surface area (Å²) in [6.45, 7) is -9.56. The number of nitrogens with one attached hydrogen (secondary N) is 1. The number of H-pyrrole nitrogens is 1. The van der Waals surface area contributed by atoms with E-state index in [1.54, 1.807) is 4.57 Å². The number of hydrogen-bond donors (Lipinski definition) is 5. The zero-order chi connectivity index (χ0) is 32.3. The van der Waals surface area contributed by atoms with Gasteiger partial charge in [0.25, 0.3) is 5.56 Å². The van der Waals surface area contributed by atoms with Crippen LogP contribution in [0.3, 0.4) is 0 Å². The number of thiol groups is 2. The summed E-state index contributed by atoms with van der Waals surface area (Å²) in [6.07, 6.45) is -5.58. The molecule has 25 heteroatoms. The molecule has 7 heterocycles. The van der Waals surface area contributed by atoms with Gasteiger partial charge in [0.05, 0.1) is 25.9 Å². The number of aromatic amines is 1. The van der Waals surface area contributed by atoms with Gasteiger partial charge < -0.3 is 20.9 Å². The zero-order valence-corrected chi connectivity index (χ0v) is 27.2. The standard InChI is InChI=1S/C21H22ClFN10O9P2S2/c22-19-28-14(24)10-16(29-19)33(5-27-10)21-1-6(21)12-8(40-21)3-38-44(36,46)42-13-7(2-37-43(35,45)41-12)39-18(9(13)23)32-4-26-11-15(32)30-20(25)31-17(11)34/h4-9,12-13,18H,1-3H2,(H,35,45)(H,36,46)(H2,24,28,29)(H3,25,30,31,34)/t6?,7-,8-,9?,12?,13?,18-,21+,43-,44-/m1/s1. The fourth-order valence-corrected chi connectivity index (χ4v) is 9.31. The molecule has 4 fully saturated rings. The van der Waals surface area contributed by atoms with Gasteiger partial charge in [0.1, 0.15) is 29.9 Å². The molecule has 10 atom stereocenters. The number of imidazole rings is 2. The molecule has 5 N–H and O–H groups in total. The molecule has 4 aromatic heterocycles. The van der Waals surface area contributed by atoms with Gasteiger partial charge in [0.2, 0.25) is 11.2 Å². The lowest BCUT2D eigenvalue weighted by atomic mass is 10.1. The van der Waals surface area contributed by atoms with Crippen molar-refractivity contribution in [3.05, 3.63) is 28.3 Å². The van der Waals surface area contributed by atoms with Gasteiger partial charge in [-0.15, -0.1) is 0 Å². The van der Waals surface area contributed by atoms with Crippen molar-refractivity contribution >= 4 is 83.8 Å². The molecule has 4 aliphatic rings. The van der Waals surface area contributed by atoms with Crippen LogP contribution in [0.2, 0.25) is 5.28 Å². The van der Waals surface area contributed by atoms with Crippen LogP contribution in [-0.4, -0.2) is 82.8 Å². The number of fused-ring (bicyclic) bond motifs is 6. The number of hydrogen-bond acceptors (Lipinski definition) is 16. The molecule has 46 heavy (non-hydrogen) atoms. The summed E-state index contributed by atoms with van der Waals surface area (Å²) >= 11 is 14.3. The van der Waals surface area contributed by atoms with Crippen molar-refractivity contribution < 1.29 is 41.1 Å². The lowest BCUT2D eigenvalue weighted by molar-refractivity contribution is -0.0844. The monoisotopic (exact) mass is 738 g/mol. The Bertz CT molecular complexity index is 2070. The van der Waals surface area contributed by atoms with Crippen molar-refractivity contribution in [2.45, 2.75) is 49.0 Å². The predicted octanol–water partition coefficient (Wildman–Crippen LogP) is 1.98. The van der Waals surface area contributed by atoms with E-state index in [0.717, 1.165) is 10.9 Å². The maximum Gasteiger partial charge on any atom is 0.386 e.